The number of methoxy groups -OCH3 is 2. The van der Waals surface area contributed by atoms with E-state index < -0.39 is 0 Å². The van der Waals surface area contributed by atoms with E-state index in [4.69, 9.17) is 14.6 Å². The number of thioether (sulfide) groups is 1. The van der Waals surface area contributed by atoms with E-state index in [1.807, 2.05) is 54.6 Å². The first-order valence-electron chi connectivity index (χ1n) is 9.26. The second kappa shape index (κ2) is 7.68. The normalized spacial score (nSPS) is 12.9. The second-order valence-corrected chi connectivity index (χ2v) is 7.49. The molecule has 5 rings (SSSR count). The van der Waals surface area contributed by atoms with Crippen molar-refractivity contribution in [2.24, 2.45) is 5.10 Å². The molecule has 0 radical (unpaired) electrons. The van der Waals surface area contributed by atoms with Crippen LogP contribution in [0.1, 0.15) is 5.56 Å². The van der Waals surface area contributed by atoms with E-state index in [9.17, 15) is 0 Å². The fourth-order valence-electron chi connectivity index (χ4n) is 3.26. The third kappa shape index (κ3) is 3.22. The molecule has 30 heavy (non-hydrogen) atoms. The summed E-state index contributed by atoms with van der Waals surface area (Å²) in [7, 11) is 3.29. The molecule has 0 spiro atoms. The SMILES string of the molecule is COc1ccc(OC)c(C2=Nn3c(nnc3-c3cc(-c4ccccc4)n[nH]3)SC2)c1. The van der Waals surface area contributed by atoms with Crippen molar-refractivity contribution < 1.29 is 9.47 Å². The zero-order valence-electron chi connectivity index (χ0n) is 16.4. The van der Waals surface area contributed by atoms with E-state index in [1.165, 1.54) is 0 Å². The minimum absolute atomic E-state index is 0.603. The van der Waals surface area contributed by atoms with Crippen LogP contribution >= 0.6 is 11.8 Å². The minimum atomic E-state index is 0.603. The number of benzene rings is 2. The van der Waals surface area contributed by atoms with Crippen molar-refractivity contribution in [3.05, 3.63) is 60.2 Å². The van der Waals surface area contributed by atoms with Gasteiger partial charge in [0.05, 0.1) is 25.6 Å². The highest BCUT2D eigenvalue weighted by Crippen LogP contribution is 2.32. The van der Waals surface area contributed by atoms with Crippen LogP contribution < -0.4 is 9.47 Å². The molecule has 0 atom stereocenters. The summed E-state index contributed by atoms with van der Waals surface area (Å²) in [4.78, 5) is 0. The number of hydrogen-bond donors (Lipinski definition) is 1. The van der Waals surface area contributed by atoms with Gasteiger partial charge in [0.15, 0.2) is 0 Å². The maximum atomic E-state index is 5.53. The molecule has 2 aromatic carbocycles. The Morgan fingerprint density at radius 1 is 1.00 bits per heavy atom. The monoisotopic (exact) mass is 418 g/mol. The van der Waals surface area contributed by atoms with E-state index in [2.05, 4.69) is 20.4 Å². The molecule has 0 amide bonds. The highest BCUT2D eigenvalue weighted by atomic mass is 32.2. The Hall–Kier alpha value is -3.59. The Bertz CT molecular complexity index is 1230. The molecule has 1 N–H and O–H groups in total. The fraction of sp³-hybridized carbons (Fsp3) is 0.143. The zero-order valence-corrected chi connectivity index (χ0v) is 17.2. The minimum Gasteiger partial charge on any atom is -0.497 e. The van der Waals surface area contributed by atoms with E-state index in [1.54, 1.807) is 30.7 Å². The molecule has 0 saturated carbocycles. The number of hydrogen-bond acceptors (Lipinski definition) is 7. The number of nitrogens with one attached hydrogen (secondary N) is 1. The highest BCUT2D eigenvalue weighted by Gasteiger charge is 2.24. The van der Waals surface area contributed by atoms with Crippen LogP contribution in [0.15, 0.2) is 64.9 Å². The molecular formula is C21H18N6O2S. The van der Waals surface area contributed by atoms with Crippen molar-refractivity contribution in [1.29, 1.82) is 0 Å². The van der Waals surface area contributed by atoms with Crippen LogP contribution in [0, 0.1) is 0 Å². The summed E-state index contributed by atoms with van der Waals surface area (Å²) in [5, 5.41) is 21.6. The van der Waals surface area contributed by atoms with Crippen molar-refractivity contribution >= 4 is 17.5 Å². The number of rotatable bonds is 5. The molecule has 8 nitrogen and oxygen atoms in total. The molecule has 2 aromatic heterocycles. The van der Waals surface area contributed by atoms with E-state index in [0.717, 1.165) is 44.9 Å². The van der Waals surface area contributed by atoms with Gasteiger partial charge in [-0.2, -0.15) is 14.9 Å². The second-order valence-electron chi connectivity index (χ2n) is 6.55. The molecule has 1 aliphatic heterocycles. The summed E-state index contributed by atoms with van der Waals surface area (Å²) in [5.41, 5.74) is 4.34. The lowest BCUT2D eigenvalue weighted by Crippen LogP contribution is -2.15. The Morgan fingerprint density at radius 2 is 1.87 bits per heavy atom. The predicted octanol–water partition coefficient (Wildman–Crippen LogP) is 3.71. The van der Waals surface area contributed by atoms with E-state index in [-0.39, 0.29) is 0 Å². The predicted molar refractivity (Wildman–Crippen MR) is 115 cm³/mol. The molecule has 0 aliphatic carbocycles. The Balaban J connectivity index is 1.55. The molecule has 0 unspecified atom stereocenters. The number of aromatic nitrogens is 5. The molecule has 0 fully saturated rings. The van der Waals surface area contributed by atoms with Gasteiger partial charge >= 0.3 is 0 Å². The van der Waals surface area contributed by atoms with Crippen LogP contribution in [0.4, 0.5) is 0 Å². The number of aromatic amines is 1. The summed E-state index contributed by atoms with van der Waals surface area (Å²) in [5.74, 6) is 2.74. The summed E-state index contributed by atoms with van der Waals surface area (Å²) in [6.07, 6.45) is 0. The molecule has 0 bridgehead atoms. The largest absolute Gasteiger partial charge is 0.497 e. The lowest BCUT2D eigenvalue weighted by molar-refractivity contribution is 0.402. The lowest BCUT2D eigenvalue weighted by atomic mass is 10.1. The van der Waals surface area contributed by atoms with Gasteiger partial charge in [-0.1, -0.05) is 42.1 Å². The van der Waals surface area contributed by atoms with Gasteiger partial charge < -0.3 is 9.47 Å². The van der Waals surface area contributed by atoms with Crippen LogP contribution in [-0.2, 0) is 0 Å². The summed E-state index contributed by atoms with van der Waals surface area (Å²) in [6.45, 7) is 0. The van der Waals surface area contributed by atoms with Crippen molar-refractivity contribution in [1.82, 2.24) is 25.1 Å². The van der Waals surface area contributed by atoms with Crippen molar-refractivity contribution in [2.45, 2.75) is 5.16 Å². The van der Waals surface area contributed by atoms with Crippen LogP contribution in [-0.4, -0.2) is 50.8 Å². The van der Waals surface area contributed by atoms with Crippen LogP contribution in [0.3, 0.4) is 0 Å². The Labute approximate surface area is 176 Å². The molecule has 150 valence electrons. The van der Waals surface area contributed by atoms with Gasteiger partial charge in [0.1, 0.15) is 17.2 Å². The van der Waals surface area contributed by atoms with Crippen LogP contribution in [0.2, 0.25) is 0 Å². The van der Waals surface area contributed by atoms with Crippen LogP contribution in [0.5, 0.6) is 11.5 Å². The molecule has 4 aromatic rings. The average Bonchev–Trinajstić information content (AvgIpc) is 3.46. The number of H-pyrrole nitrogens is 1. The van der Waals surface area contributed by atoms with Crippen molar-refractivity contribution in [3.8, 4) is 34.3 Å². The zero-order chi connectivity index (χ0) is 20.5. The molecular weight excluding hydrogens is 400 g/mol. The van der Waals surface area contributed by atoms with Gasteiger partial charge in [0.2, 0.25) is 11.0 Å². The van der Waals surface area contributed by atoms with Gasteiger partial charge in [-0.3, -0.25) is 5.10 Å². The Kier molecular flexibility index (Phi) is 4.72. The number of nitrogens with zero attached hydrogens (tertiary/aromatic N) is 5. The van der Waals surface area contributed by atoms with Gasteiger partial charge in [-0.05, 0) is 24.3 Å². The number of fused-ring (bicyclic) bond motifs is 1. The van der Waals surface area contributed by atoms with E-state index >= 15 is 0 Å². The summed E-state index contributed by atoms with van der Waals surface area (Å²) < 4.78 is 12.6. The maximum absolute atomic E-state index is 5.53. The Morgan fingerprint density at radius 3 is 2.67 bits per heavy atom. The maximum Gasteiger partial charge on any atom is 0.212 e. The van der Waals surface area contributed by atoms with Crippen molar-refractivity contribution in [3.63, 3.8) is 0 Å². The summed E-state index contributed by atoms with van der Waals surface area (Å²) in [6, 6.07) is 17.6. The van der Waals surface area contributed by atoms with Gasteiger partial charge in [-0.25, -0.2) is 0 Å². The first-order chi connectivity index (χ1) is 14.8. The standard InChI is InChI=1S/C21H18N6O2S/c1-28-14-8-9-19(29-2)15(10-14)18-12-30-21-25-24-20(27(21)26-18)17-11-16(22-23-17)13-6-4-3-5-7-13/h3-11H,12H2,1-2H3,(H,22,23). The highest BCUT2D eigenvalue weighted by molar-refractivity contribution is 7.99. The van der Waals surface area contributed by atoms with Crippen molar-refractivity contribution in [2.75, 3.05) is 20.0 Å². The fourth-order valence-corrected chi connectivity index (χ4v) is 4.09. The smallest absolute Gasteiger partial charge is 0.212 e. The summed E-state index contributed by atoms with van der Waals surface area (Å²) >= 11 is 1.57. The van der Waals surface area contributed by atoms with E-state index in [0.29, 0.717) is 11.6 Å². The lowest BCUT2D eigenvalue weighted by Gasteiger charge is -2.16. The average molecular weight is 418 g/mol. The third-order valence-corrected chi connectivity index (χ3v) is 5.71. The van der Waals surface area contributed by atoms with Crippen LogP contribution in [0.25, 0.3) is 22.8 Å². The first-order valence-corrected chi connectivity index (χ1v) is 10.2. The molecule has 1 aliphatic rings. The quantitative estimate of drug-likeness (QED) is 0.531. The molecule has 9 heteroatoms. The van der Waals surface area contributed by atoms with Gasteiger partial charge in [-0.15, -0.1) is 10.2 Å². The third-order valence-electron chi connectivity index (χ3n) is 4.78. The topological polar surface area (TPSA) is 90.2 Å². The molecule has 3 heterocycles. The molecule has 0 saturated heterocycles. The first kappa shape index (κ1) is 18.4. The number of ether oxygens (including phenoxy) is 2. The van der Waals surface area contributed by atoms with Gasteiger partial charge in [0.25, 0.3) is 0 Å². The van der Waals surface area contributed by atoms with Gasteiger partial charge in [0, 0.05) is 16.9 Å².